The molecule has 0 radical (unpaired) electrons. The lowest BCUT2D eigenvalue weighted by Gasteiger charge is -2.18. The Hall–Kier alpha value is -1.91. The van der Waals surface area contributed by atoms with Crippen LogP contribution in [0.5, 0.6) is 11.5 Å². The van der Waals surface area contributed by atoms with Gasteiger partial charge in [0.1, 0.15) is 11.5 Å². The van der Waals surface area contributed by atoms with Gasteiger partial charge >= 0.3 is 0 Å². The molecular formula is C17H17Cl2NO3. The van der Waals surface area contributed by atoms with E-state index in [9.17, 15) is 4.79 Å². The Labute approximate surface area is 145 Å². The van der Waals surface area contributed by atoms with E-state index in [1.807, 2.05) is 24.3 Å². The summed E-state index contributed by atoms with van der Waals surface area (Å²) in [6.07, 6.45) is 0. The molecule has 0 bridgehead atoms. The van der Waals surface area contributed by atoms with Gasteiger partial charge in [-0.25, -0.2) is 0 Å². The number of likely N-dealkylation sites (N-methyl/N-ethyl adjacent to an activating group) is 1. The summed E-state index contributed by atoms with van der Waals surface area (Å²) in [6.45, 7) is 0.371. The molecule has 2 rings (SSSR count). The molecule has 0 spiro atoms. The molecular weight excluding hydrogens is 337 g/mol. The van der Waals surface area contributed by atoms with Crippen LogP contribution in [0.4, 0.5) is 0 Å². The van der Waals surface area contributed by atoms with Crippen molar-refractivity contribution in [3.8, 4) is 11.5 Å². The van der Waals surface area contributed by atoms with Crippen molar-refractivity contribution in [3.63, 3.8) is 0 Å². The van der Waals surface area contributed by atoms with Gasteiger partial charge in [0, 0.05) is 18.6 Å². The summed E-state index contributed by atoms with van der Waals surface area (Å²) in [5.74, 6) is 1.03. The number of hydrogen-bond donors (Lipinski definition) is 0. The van der Waals surface area contributed by atoms with E-state index in [0.29, 0.717) is 22.3 Å². The van der Waals surface area contributed by atoms with Crippen molar-refractivity contribution in [2.45, 2.75) is 6.54 Å². The van der Waals surface area contributed by atoms with Crippen molar-refractivity contribution in [2.75, 3.05) is 20.8 Å². The lowest BCUT2D eigenvalue weighted by atomic mass is 10.2. The maximum Gasteiger partial charge on any atom is 0.260 e. The summed E-state index contributed by atoms with van der Waals surface area (Å²) in [5.41, 5.74) is 0.977. The summed E-state index contributed by atoms with van der Waals surface area (Å²) in [7, 11) is 3.33. The number of benzene rings is 2. The number of hydrogen-bond acceptors (Lipinski definition) is 3. The van der Waals surface area contributed by atoms with Crippen LogP contribution < -0.4 is 9.47 Å². The largest absolute Gasteiger partial charge is 0.497 e. The molecule has 0 unspecified atom stereocenters. The minimum atomic E-state index is -0.154. The molecule has 0 aliphatic rings. The summed E-state index contributed by atoms with van der Waals surface area (Å²) in [6, 6.07) is 12.4. The molecule has 0 saturated heterocycles. The zero-order chi connectivity index (χ0) is 16.8. The fourth-order valence-corrected chi connectivity index (χ4v) is 2.44. The van der Waals surface area contributed by atoms with Gasteiger partial charge in [-0.3, -0.25) is 4.79 Å². The summed E-state index contributed by atoms with van der Waals surface area (Å²) < 4.78 is 10.6. The van der Waals surface area contributed by atoms with Gasteiger partial charge in [0.25, 0.3) is 5.91 Å². The molecule has 0 N–H and O–H groups in total. The van der Waals surface area contributed by atoms with Crippen LogP contribution in [0.1, 0.15) is 5.56 Å². The van der Waals surface area contributed by atoms with E-state index in [4.69, 9.17) is 32.7 Å². The van der Waals surface area contributed by atoms with Gasteiger partial charge in [-0.05, 0) is 35.9 Å². The van der Waals surface area contributed by atoms with Crippen LogP contribution >= 0.6 is 23.2 Å². The number of carbonyl (C=O) groups is 1. The lowest BCUT2D eigenvalue weighted by Crippen LogP contribution is -2.31. The zero-order valence-corrected chi connectivity index (χ0v) is 14.4. The Morgan fingerprint density at radius 1 is 1.17 bits per heavy atom. The van der Waals surface area contributed by atoms with Crippen LogP contribution in [0, 0.1) is 0 Å². The van der Waals surface area contributed by atoms with Crippen LogP contribution in [-0.2, 0) is 11.3 Å². The van der Waals surface area contributed by atoms with Crippen molar-refractivity contribution in [1.29, 1.82) is 0 Å². The number of amides is 1. The van der Waals surface area contributed by atoms with Gasteiger partial charge in [0.05, 0.1) is 12.1 Å². The SMILES string of the molecule is COc1cccc(CN(C)C(=O)COc2ccc(Cl)cc2Cl)c1. The number of halogens is 2. The van der Waals surface area contributed by atoms with Crippen molar-refractivity contribution in [2.24, 2.45) is 0 Å². The molecule has 122 valence electrons. The first-order valence-electron chi connectivity index (χ1n) is 6.94. The molecule has 2 aromatic rings. The highest BCUT2D eigenvalue weighted by atomic mass is 35.5. The molecule has 1 amide bonds. The van der Waals surface area contributed by atoms with E-state index in [1.54, 1.807) is 37.3 Å². The first-order chi connectivity index (χ1) is 11.0. The van der Waals surface area contributed by atoms with E-state index < -0.39 is 0 Å². The minimum absolute atomic E-state index is 0.0954. The molecule has 0 heterocycles. The third-order valence-corrected chi connectivity index (χ3v) is 3.76. The molecule has 0 saturated carbocycles. The molecule has 0 aromatic heterocycles. The second kappa shape index (κ2) is 8.09. The van der Waals surface area contributed by atoms with Crippen LogP contribution in [0.3, 0.4) is 0 Å². The normalized spacial score (nSPS) is 10.3. The highest BCUT2D eigenvalue weighted by Crippen LogP contribution is 2.27. The van der Waals surface area contributed by atoms with Crippen LogP contribution in [-0.4, -0.2) is 31.6 Å². The van der Waals surface area contributed by atoms with Crippen LogP contribution in [0.25, 0.3) is 0 Å². The van der Waals surface area contributed by atoms with Gasteiger partial charge in [0.2, 0.25) is 0 Å². The van der Waals surface area contributed by atoms with E-state index in [1.165, 1.54) is 0 Å². The highest BCUT2D eigenvalue weighted by Gasteiger charge is 2.12. The Balaban J connectivity index is 1.91. The van der Waals surface area contributed by atoms with E-state index in [0.717, 1.165) is 11.3 Å². The average molecular weight is 354 g/mol. The standard InChI is InChI=1S/C17H17Cl2NO3/c1-20(10-12-4-3-5-14(8-12)22-2)17(21)11-23-16-7-6-13(18)9-15(16)19/h3-9H,10-11H2,1-2H3. The fourth-order valence-electron chi connectivity index (χ4n) is 1.97. The van der Waals surface area contributed by atoms with E-state index in [2.05, 4.69) is 0 Å². The molecule has 2 aromatic carbocycles. The first kappa shape index (κ1) is 17.4. The quantitative estimate of drug-likeness (QED) is 0.786. The first-order valence-corrected chi connectivity index (χ1v) is 7.70. The lowest BCUT2D eigenvalue weighted by molar-refractivity contribution is -0.132. The number of ether oxygens (including phenoxy) is 2. The molecule has 23 heavy (non-hydrogen) atoms. The third kappa shape index (κ3) is 5.05. The highest BCUT2D eigenvalue weighted by molar-refractivity contribution is 6.35. The monoisotopic (exact) mass is 353 g/mol. The number of nitrogens with zero attached hydrogens (tertiary/aromatic N) is 1. The third-order valence-electron chi connectivity index (χ3n) is 3.22. The predicted octanol–water partition coefficient (Wildman–Crippen LogP) is 4.04. The van der Waals surface area contributed by atoms with Crippen molar-refractivity contribution < 1.29 is 14.3 Å². The number of carbonyl (C=O) groups excluding carboxylic acids is 1. The number of methoxy groups -OCH3 is 1. The summed E-state index contributed by atoms with van der Waals surface area (Å²) in [4.78, 5) is 13.7. The van der Waals surface area contributed by atoms with Gasteiger partial charge in [0.15, 0.2) is 6.61 Å². The topological polar surface area (TPSA) is 38.8 Å². The second-order valence-corrected chi connectivity index (χ2v) is 5.81. The van der Waals surface area contributed by atoms with Crippen LogP contribution in [0.2, 0.25) is 10.0 Å². The molecule has 0 aliphatic carbocycles. The smallest absolute Gasteiger partial charge is 0.260 e. The van der Waals surface area contributed by atoms with Gasteiger partial charge in [-0.15, -0.1) is 0 Å². The van der Waals surface area contributed by atoms with Crippen molar-refractivity contribution in [3.05, 3.63) is 58.1 Å². The minimum Gasteiger partial charge on any atom is -0.497 e. The predicted molar refractivity (Wildman–Crippen MR) is 91.4 cm³/mol. The summed E-state index contributed by atoms with van der Waals surface area (Å²) in [5, 5.41) is 0.893. The molecule has 0 fully saturated rings. The summed E-state index contributed by atoms with van der Waals surface area (Å²) >= 11 is 11.8. The van der Waals surface area contributed by atoms with Crippen molar-refractivity contribution >= 4 is 29.1 Å². The van der Waals surface area contributed by atoms with E-state index >= 15 is 0 Å². The maximum absolute atomic E-state index is 12.2. The Morgan fingerprint density at radius 3 is 2.65 bits per heavy atom. The van der Waals surface area contributed by atoms with E-state index in [-0.39, 0.29) is 12.5 Å². The molecule has 4 nitrogen and oxygen atoms in total. The van der Waals surface area contributed by atoms with Gasteiger partial charge in [-0.2, -0.15) is 0 Å². The zero-order valence-electron chi connectivity index (χ0n) is 12.9. The average Bonchev–Trinajstić information content (AvgIpc) is 2.54. The fraction of sp³-hybridized carbons (Fsp3) is 0.235. The van der Waals surface area contributed by atoms with Gasteiger partial charge in [-0.1, -0.05) is 35.3 Å². The van der Waals surface area contributed by atoms with Gasteiger partial charge < -0.3 is 14.4 Å². The molecule has 0 atom stereocenters. The van der Waals surface area contributed by atoms with Crippen LogP contribution in [0.15, 0.2) is 42.5 Å². The Morgan fingerprint density at radius 2 is 1.96 bits per heavy atom. The Kier molecular flexibility index (Phi) is 6.13. The van der Waals surface area contributed by atoms with Crippen molar-refractivity contribution in [1.82, 2.24) is 4.90 Å². The Bertz CT molecular complexity index is 691. The molecule has 0 aliphatic heterocycles. The second-order valence-electron chi connectivity index (χ2n) is 4.96. The number of rotatable bonds is 6. The molecule has 6 heteroatoms. The maximum atomic E-state index is 12.2.